The van der Waals surface area contributed by atoms with E-state index in [1.165, 1.54) is 25.3 Å². The lowest BCUT2D eigenvalue weighted by Crippen LogP contribution is -2.44. The van der Waals surface area contributed by atoms with Gasteiger partial charge in [0.2, 0.25) is 0 Å². The Bertz CT molecular complexity index is 761. The third-order valence-electron chi connectivity index (χ3n) is 5.75. The number of nitrogens with zero attached hydrogens (tertiary/aromatic N) is 3. The molecule has 0 bridgehead atoms. The molecule has 1 N–H and O–H groups in total. The summed E-state index contributed by atoms with van der Waals surface area (Å²) < 4.78 is 15.9. The highest BCUT2D eigenvalue weighted by molar-refractivity contribution is 5.42. The Labute approximate surface area is 149 Å². The van der Waals surface area contributed by atoms with E-state index >= 15 is 0 Å². The van der Waals surface area contributed by atoms with E-state index in [-0.39, 0.29) is 5.82 Å². The maximum atomic E-state index is 14.0. The predicted octanol–water partition coefficient (Wildman–Crippen LogP) is 3.20. The number of hydrogen-bond acceptors (Lipinski definition) is 3. The quantitative estimate of drug-likeness (QED) is 0.930. The lowest BCUT2D eigenvalue weighted by atomic mass is 9.79. The highest BCUT2D eigenvalue weighted by Crippen LogP contribution is 2.36. The molecule has 0 radical (unpaired) electrons. The number of nitrogens with one attached hydrogen (secondary N) is 1. The standard InChI is InChI=1S/C20H27FN4/c1-15-10-16(2)25(23-15)19-5-4-18(21)11-17(19)12-24-9-3-6-20(14-24)7-8-22-13-20/h4-5,10-11,22H,3,6-9,12-14H2,1-2H3/t20-/m1/s1. The van der Waals surface area contributed by atoms with E-state index in [1.54, 1.807) is 6.07 Å². The van der Waals surface area contributed by atoms with Gasteiger partial charge < -0.3 is 5.32 Å². The van der Waals surface area contributed by atoms with E-state index in [2.05, 4.69) is 21.4 Å². The van der Waals surface area contributed by atoms with Crippen LogP contribution in [-0.4, -0.2) is 40.9 Å². The van der Waals surface area contributed by atoms with Gasteiger partial charge in [0.25, 0.3) is 0 Å². The Morgan fingerprint density at radius 2 is 2.12 bits per heavy atom. The maximum Gasteiger partial charge on any atom is 0.123 e. The highest BCUT2D eigenvalue weighted by Gasteiger charge is 2.37. The van der Waals surface area contributed by atoms with Crippen molar-refractivity contribution in [1.82, 2.24) is 20.0 Å². The highest BCUT2D eigenvalue weighted by atomic mass is 19.1. The SMILES string of the molecule is Cc1cc(C)n(-c2ccc(F)cc2CN2CCC[C@]3(CCNC3)C2)n1. The molecule has 1 aromatic carbocycles. The van der Waals surface area contributed by atoms with Crippen LogP contribution >= 0.6 is 0 Å². The molecule has 2 aromatic rings. The average Bonchev–Trinajstić information content (AvgIpc) is 3.14. The van der Waals surface area contributed by atoms with Gasteiger partial charge in [-0.15, -0.1) is 0 Å². The Balaban J connectivity index is 1.61. The minimum Gasteiger partial charge on any atom is -0.316 e. The second-order valence-corrected chi connectivity index (χ2v) is 7.85. The van der Waals surface area contributed by atoms with E-state index in [4.69, 9.17) is 0 Å². The van der Waals surface area contributed by atoms with Crippen LogP contribution in [-0.2, 0) is 6.54 Å². The van der Waals surface area contributed by atoms with Crippen molar-refractivity contribution in [1.29, 1.82) is 0 Å². The first-order valence-corrected chi connectivity index (χ1v) is 9.30. The minimum absolute atomic E-state index is 0.172. The summed E-state index contributed by atoms with van der Waals surface area (Å²) in [4.78, 5) is 2.50. The first-order valence-electron chi connectivity index (χ1n) is 9.30. The van der Waals surface area contributed by atoms with Crippen LogP contribution in [0.15, 0.2) is 24.3 Å². The molecule has 2 aliphatic heterocycles. The Morgan fingerprint density at radius 3 is 2.84 bits per heavy atom. The first-order chi connectivity index (χ1) is 12.0. The van der Waals surface area contributed by atoms with E-state index in [0.717, 1.165) is 55.4 Å². The zero-order valence-corrected chi connectivity index (χ0v) is 15.2. The normalized spacial score (nSPS) is 24.3. The third-order valence-corrected chi connectivity index (χ3v) is 5.75. The maximum absolute atomic E-state index is 14.0. The third kappa shape index (κ3) is 3.35. The number of rotatable bonds is 3. The van der Waals surface area contributed by atoms with Gasteiger partial charge in [0, 0.05) is 25.3 Å². The van der Waals surface area contributed by atoms with Crippen molar-refractivity contribution in [2.75, 3.05) is 26.2 Å². The molecule has 4 rings (SSSR count). The number of halogens is 1. The monoisotopic (exact) mass is 342 g/mol. The molecule has 0 unspecified atom stereocenters. The number of aryl methyl sites for hydroxylation is 2. The van der Waals surface area contributed by atoms with Crippen LogP contribution in [0.5, 0.6) is 0 Å². The molecule has 2 fully saturated rings. The second-order valence-electron chi connectivity index (χ2n) is 7.85. The van der Waals surface area contributed by atoms with Crippen LogP contribution in [0, 0.1) is 25.1 Å². The molecule has 2 aliphatic rings. The van der Waals surface area contributed by atoms with Gasteiger partial charge in [0.05, 0.1) is 11.4 Å². The fraction of sp³-hybridized carbons (Fsp3) is 0.550. The summed E-state index contributed by atoms with van der Waals surface area (Å²) in [5, 5.41) is 8.12. The fourth-order valence-electron chi connectivity index (χ4n) is 4.59. The number of hydrogen-bond donors (Lipinski definition) is 1. The van der Waals surface area contributed by atoms with Gasteiger partial charge in [-0.25, -0.2) is 9.07 Å². The van der Waals surface area contributed by atoms with Crippen LogP contribution in [0.2, 0.25) is 0 Å². The molecule has 134 valence electrons. The molecular weight excluding hydrogens is 315 g/mol. The lowest BCUT2D eigenvalue weighted by molar-refractivity contribution is 0.0977. The van der Waals surface area contributed by atoms with E-state index in [0.29, 0.717) is 5.41 Å². The van der Waals surface area contributed by atoms with E-state index in [1.807, 2.05) is 24.6 Å². The zero-order valence-electron chi connectivity index (χ0n) is 15.2. The van der Waals surface area contributed by atoms with Crippen LogP contribution in [0.3, 0.4) is 0 Å². The molecule has 0 aliphatic carbocycles. The molecular formula is C20H27FN4. The summed E-state index contributed by atoms with van der Waals surface area (Å²) in [5.74, 6) is -0.172. The zero-order chi connectivity index (χ0) is 17.4. The number of benzene rings is 1. The van der Waals surface area contributed by atoms with Gasteiger partial charge in [-0.2, -0.15) is 5.10 Å². The van der Waals surface area contributed by atoms with Crippen LogP contribution in [0.1, 0.15) is 36.2 Å². The molecule has 5 heteroatoms. The van der Waals surface area contributed by atoms with Gasteiger partial charge in [-0.3, -0.25) is 4.90 Å². The molecule has 1 atom stereocenters. The van der Waals surface area contributed by atoms with Crippen molar-refractivity contribution >= 4 is 0 Å². The predicted molar refractivity (Wildman–Crippen MR) is 97.4 cm³/mol. The number of likely N-dealkylation sites (tertiary alicyclic amines) is 1. The van der Waals surface area contributed by atoms with E-state index < -0.39 is 0 Å². The van der Waals surface area contributed by atoms with Gasteiger partial charge >= 0.3 is 0 Å². The molecule has 4 nitrogen and oxygen atoms in total. The molecule has 2 saturated heterocycles. The smallest absolute Gasteiger partial charge is 0.123 e. The molecule has 3 heterocycles. The summed E-state index contributed by atoms with van der Waals surface area (Å²) in [5.41, 5.74) is 4.51. The van der Waals surface area contributed by atoms with Gasteiger partial charge in [-0.1, -0.05) is 0 Å². The molecule has 25 heavy (non-hydrogen) atoms. The first kappa shape index (κ1) is 16.7. The number of piperidine rings is 1. The second kappa shape index (κ2) is 6.54. The summed E-state index contributed by atoms with van der Waals surface area (Å²) in [6.45, 7) is 9.28. The molecule has 0 amide bonds. The summed E-state index contributed by atoms with van der Waals surface area (Å²) >= 11 is 0. The van der Waals surface area contributed by atoms with Crippen LogP contribution in [0.4, 0.5) is 4.39 Å². The van der Waals surface area contributed by atoms with Crippen molar-refractivity contribution in [3.63, 3.8) is 0 Å². The summed E-state index contributed by atoms with van der Waals surface area (Å²) in [6.07, 6.45) is 3.80. The lowest BCUT2D eigenvalue weighted by Gasteiger charge is -2.40. The Hall–Kier alpha value is -1.72. The molecule has 0 saturated carbocycles. The van der Waals surface area contributed by atoms with Crippen molar-refractivity contribution in [2.45, 2.75) is 39.7 Å². The van der Waals surface area contributed by atoms with Gasteiger partial charge in [0.15, 0.2) is 0 Å². The van der Waals surface area contributed by atoms with Gasteiger partial charge in [-0.05, 0) is 81.4 Å². The number of aromatic nitrogens is 2. The van der Waals surface area contributed by atoms with E-state index in [9.17, 15) is 4.39 Å². The van der Waals surface area contributed by atoms with Crippen molar-refractivity contribution < 1.29 is 4.39 Å². The minimum atomic E-state index is -0.172. The largest absolute Gasteiger partial charge is 0.316 e. The molecule has 1 spiro atoms. The van der Waals surface area contributed by atoms with Crippen LogP contribution in [0.25, 0.3) is 5.69 Å². The van der Waals surface area contributed by atoms with Crippen molar-refractivity contribution in [2.24, 2.45) is 5.41 Å². The van der Waals surface area contributed by atoms with Crippen molar-refractivity contribution in [3.8, 4) is 5.69 Å². The van der Waals surface area contributed by atoms with Crippen molar-refractivity contribution in [3.05, 3.63) is 47.0 Å². The topological polar surface area (TPSA) is 33.1 Å². The summed E-state index contributed by atoms with van der Waals surface area (Å²) in [7, 11) is 0. The average molecular weight is 342 g/mol. The Kier molecular flexibility index (Phi) is 4.38. The van der Waals surface area contributed by atoms with Gasteiger partial charge in [0.1, 0.15) is 5.82 Å². The fourth-order valence-corrected chi connectivity index (χ4v) is 4.59. The molecule has 1 aromatic heterocycles. The van der Waals surface area contributed by atoms with Crippen LogP contribution < -0.4 is 5.32 Å². The Morgan fingerprint density at radius 1 is 1.24 bits per heavy atom. The summed E-state index contributed by atoms with van der Waals surface area (Å²) in [6, 6.07) is 7.14.